The second-order valence-electron chi connectivity index (χ2n) is 3.05. The van der Waals surface area contributed by atoms with E-state index in [1.165, 1.54) is 0 Å². The monoisotopic (exact) mass is 260 g/mol. The molecule has 0 aromatic heterocycles. The van der Waals surface area contributed by atoms with Crippen molar-refractivity contribution in [1.29, 1.82) is 0 Å². The van der Waals surface area contributed by atoms with Gasteiger partial charge in [0, 0.05) is 14.2 Å². The van der Waals surface area contributed by atoms with Crippen LogP contribution in [0.5, 0.6) is 0 Å². The van der Waals surface area contributed by atoms with Gasteiger partial charge in [0.15, 0.2) is 5.85 Å². The van der Waals surface area contributed by atoms with Gasteiger partial charge in [-0.25, -0.2) is 0 Å². The minimum absolute atomic E-state index is 0.824. The molecule has 5 N–H and O–H groups in total. The molecule has 98 valence electrons. The first-order valence-corrected chi connectivity index (χ1v) is 5.99. The van der Waals surface area contributed by atoms with Gasteiger partial charge >= 0.3 is 7.60 Å². The van der Waals surface area contributed by atoms with Crippen molar-refractivity contribution in [3.05, 3.63) is 0 Å². The standard InChI is InChI=1S/C7H17O8P/c1-14-16(13,15-2)7(12)6(11)5(10)4(9)3-8/h4-12H,3H2,1-2H3/t4-,5-,6+,7+/m1/s1. The molecule has 0 heterocycles. The van der Waals surface area contributed by atoms with Crippen molar-refractivity contribution in [3.8, 4) is 0 Å². The summed E-state index contributed by atoms with van der Waals surface area (Å²) in [6.45, 7) is -0.824. The van der Waals surface area contributed by atoms with Crippen molar-refractivity contribution in [2.75, 3.05) is 20.8 Å². The third-order valence-electron chi connectivity index (χ3n) is 2.07. The van der Waals surface area contributed by atoms with E-state index in [1.807, 2.05) is 0 Å². The maximum atomic E-state index is 11.6. The van der Waals surface area contributed by atoms with Crippen LogP contribution in [0.1, 0.15) is 0 Å². The molecule has 0 aromatic carbocycles. The molecule has 4 atom stereocenters. The summed E-state index contributed by atoms with van der Waals surface area (Å²) >= 11 is 0. The van der Waals surface area contributed by atoms with E-state index in [-0.39, 0.29) is 0 Å². The third-order valence-corrected chi connectivity index (χ3v) is 4.04. The van der Waals surface area contributed by atoms with E-state index < -0.39 is 38.4 Å². The molecular weight excluding hydrogens is 243 g/mol. The van der Waals surface area contributed by atoms with Gasteiger partial charge in [-0.3, -0.25) is 4.57 Å². The molecule has 0 aliphatic heterocycles. The van der Waals surface area contributed by atoms with Gasteiger partial charge in [0.05, 0.1) is 6.61 Å². The predicted molar refractivity (Wildman–Crippen MR) is 52.7 cm³/mol. The van der Waals surface area contributed by atoms with Gasteiger partial charge in [-0.1, -0.05) is 0 Å². The van der Waals surface area contributed by atoms with Crippen LogP contribution in [0.2, 0.25) is 0 Å². The molecule has 8 nitrogen and oxygen atoms in total. The quantitative estimate of drug-likeness (QED) is 0.327. The van der Waals surface area contributed by atoms with Gasteiger partial charge in [-0.05, 0) is 0 Å². The van der Waals surface area contributed by atoms with Crippen LogP contribution in [-0.4, -0.2) is 70.5 Å². The highest BCUT2D eigenvalue weighted by molar-refractivity contribution is 7.54. The lowest BCUT2D eigenvalue weighted by Crippen LogP contribution is -2.45. The van der Waals surface area contributed by atoms with E-state index in [0.717, 1.165) is 14.2 Å². The van der Waals surface area contributed by atoms with E-state index in [0.29, 0.717) is 0 Å². The summed E-state index contributed by atoms with van der Waals surface area (Å²) in [4.78, 5) is 0. The van der Waals surface area contributed by atoms with E-state index in [9.17, 15) is 19.9 Å². The van der Waals surface area contributed by atoms with Gasteiger partial charge in [0.1, 0.15) is 18.3 Å². The predicted octanol–water partition coefficient (Wildman–Crippen LogP) is -2.13. The lowest BCUT2D eigenvalue weighted by Gasteiger charge is -2.28. The molecule has 0 radical (unpaired) electrons. The molecule has 0 bridgehead atoms. The molecule has 0 aliphatic rings. The van der Waals surface area contributed by atoms with Crippen LogP contribution >= 0.6 is 7.60 Å². The zero-order valence-corrected chi connectivity index (χ0v) is 9.82. The van der Waals surface area contributed by atoms with Crippen molar-refractivity contribution < 1.29 is 39.1 Å². The Morgan fingerprint density at radius 1 is 1.06 bits per heavy atom. The van der Waals surface area contributed by atoms with E-state index in [4.69, 9.17) is 10.2 Å². The van der Waals surface area contributed by atoms with E-state index in [2.05, 4.69) is 9.05 Å². The zero-order chi connectivity index (χ0) is 12.9. The minimum atomic E-state index is -3.98. The summed E-state index contributed by atoms with van der Waals surface area (Å²) in [5, 5.41) is 45.6. The van der Waals surface area contributed by atoms with Crippen LogP contribution < -0.4 is 0 Å². The molecular formula is C7H17O8P. The average Bonchev–Trinajstić information content (AvgIpc) is 2.33. The van der Waals surface area contributed by atoms with Crippen molar-refractivity contribution in [1.82, 2.24) is 0 Å². The Bertz CT molecular complexity index is 239. The molecule has 0 aromatic rings. The fourth-order valence-electron chi connectivity index (χ4n) is 0.990. The van der Waals surface area contributed by atoms with E-state index >= 15 is 0 Å². The van der Waals surface area contributed by atoms with Gasteiger partial charge < -0.3 is 34.6 Å². The first-order valence-electron chi connectivity index (χ1n) is 4.38. The Kier molecular flexibility index (Phi) is 6.61. The summed E-state index contributed by atoms with van der Waals surface area (Å²) in [6, 6.07) is 0. The van der Waals surface area contributed by atoms with Crippen LogP contribution in [0, 0.1) is 0 Å². The smallest absolute Gasteiger partial charge is 0.361 e. The molecule has 0 saturated carbocycles. The maximum Gasteiger partial charge on any atom is 0.361 e. The second kappa shape index (κ2) is 6.63. The first kappa shape index (κ1) is 16.0. The lowest BCUT2D eigenvalue weighted by atomic mass is 10.1. The Morgan fingerprint density at radius 2 is 1.50 bits per heavy atom. The topological polar surface area (TPSA) is 137 Å². The summed E-state index contributed by atoms with van der Waals surface area (Å²) in [5.74, 6) is -2.03. The summed E-state index contributed by atoms with van der Waals surface area (Å²) in [5.41, 5.74) is 0. The summed E-state index contributed by atoms with van der Waals surface area (Å²) < 4.78 is 20.4. The van der Waals surface area contributed by atoms with Crippen LogP contribution in [0.25, 0.3) is 0 Å². The number of aliphatic hydroxyl groups is 5. The van der Waals surface area contributed by atoms with Gasteiger partial charge in [0.2, 0.25) is 0 Å². The molecule has 0 fully saturated rings. The van der Waals surface area contributed by atoms with Crippen LogP contribution in [-0.2, 0) is 13.6 Å². The van der Waals surface area contributed by atoms with Gasteiger partial charge in [-0.2, -0.15) is 0 Å². The molecule has 0 saturated heterocycles. The largest absolute Gasteiger partial charge is 0.394 e. The van der Waals surface area contributed by atoms with Gasteiger partial charge in [0.25, 0.3) is 0 Å². The first-order chi connectivity index (χ1) is 7.33. The number of aliphatic hydroxyl groups excluding tert-OH is 5. The fourth-order valence-corrected chi connectivity index (χ4v) is 2.12. The molecule has 16 heavy (non-hydrogen) atoms. The average molecular weight is 260 g/mol. The summed E-state index contributed by atoms with van der Waals surface area (Å²) in [7, 11) is -1.99. The van der Waals surface area contributed by atoms with Crippen molar-refractivity contribution in [2.45, 2.75) is 24.2 Å². The van der Waals surface area contributed by atoms with Crippen molar-refractivity contribution in [2.24, 2.45) is 0 Å². The maximum absolute atomic E-state index is 11.6. The van der Waals surface area contributed by atoms with E-state index in [1.54, 1.807) is 0 Å². The van der Waals surface area contributed by atoms with Crippen LogP contribution in [0.3, 0.4) is 0 Å². The highest BCUT2D eigenvalue weighted by Crippen LogP contribution is 2.51. The molecule has 0 spiro atoms. The molecule has 0 unspecified atom stereocenters. The highest BCUT2D eigenvalue weighted by atomic mass is 31.2. The van der Waals surface area contributed by atoms with Crippen LogP contribution in [0.4, 0.5) is 0 Å². The second-order valence-corrected chi connectivity index (χ2v) is 5.39. The highest BCUT2D eigenvalue weighted by Gasteiger charge is 2.42. The minimum Gasteiger partial charge on any atom is -0.394 e. The Labute approximate surface area is 92.6 Å². The molecule has 0 rings (SSSR count). The van der Waals surface area contributed by atoms with Crippen molar-refractivity contribution in [3.63, 3.8) is 0 Å². The Hall–Kier alpha value is -0.0500. The number of hydrogen-bond donors (Lipinski definition) is 5. The SMILES string of the molecule is COP(=O)(OC)[C@H](O)[C@@H](O)[C@H](O)[C@H](O)CO. The molecule has 0 aliphatic carbocycles. The molecule has 9 heteroatoms. The van der Waals surface area contributed by atoms with Crippen molar-refractivity contribution >= 4 is 7.60 Å². The van der Waals surface area contributed by atoms with Gasteiger partial charge in [-0.15, -0.1) is 0 Å². The summed E-state index contributed by atoms with van der Waals surface area (Å²) in [6.07, 6.45) is -5.53. The Morgan fingerprint density at radius 3 is 1.81 bits per heavy atom. The normalized spacial score (nSPS) is 20.2. The third kappa shape index (κ3) is 3.47. The van der Waals surface area contributed by atoms with Crippen LogP contribution in [0.15, 0.2) is 0 Å². The zero-order valence-electron chi connectivity index (χ0n) is 8.92. The number of rotatable bonds is 7. The number of hydrogen-bond acceptors (Lipinski definition) is 8. The Balaban J connectivity index is 4.72. The lowest BCUT2D eigenvalue weighted by molar-refractivity contribution is -0.102. The molecule has 0 amide bonds. The fraction of sp³-hybridized carbons (Fsp3) is 1.00.